The molecule has 0 amide bonds. The number of fused-ring (bicyclic) bond motifs is 1. The Morgan fingerprint density at radius 1 is 1.14 bits per heavy atom. The molecule has 3 heterocycles. The minimum atomic E-state index is -2.73. The largest absolute Gasteiger partial charge is 0.355 e. The minimum absolute atomic E-state index is 0.293. The Kier molecular flexibility index (Phi) is 5.02. The number of hydrogen-bond donors (Lipinski definition) is 0. The Balaban J connectivity index is 1.44. The van der Waals surface area contributed by atoms with Crippen LogP contribution in [-0.2, 0) is 6.54 Å². The highest BCUT2D eigenvalue weighted by Gasteiger charge is 2.23. The molecule has 0 atom stereocenters. The number of hydrogen-bond acceptors (Lipinski definition) is 5. The van der Waals surface area contributed by atoms with Crippen molar-refractivity contribution >= 4 is 16.9 Å². The fourth-order valence-electron chi connectivity index (χ4n) is 3.68. The number of nitrogens with zero attached hydrogens (tertiary/aromatic N) is 5. The Labute approximate surface area is 160 Å². The lowest BCUT2D eigenvalue weighted by Gasteiger charge is -2.33. The molecule has 1 aliphatic heterocycles. The molecule has 3 aromatic rings. The average Bonchev–Trinajstić information content (AvgIpc) is 2.69. The van der Waals surface area contributed by atoms with Gasteiger partial charge in [0.05, 0.1) is 23.1 Å². The molecule has 0 aliphatic carbocycles. The van der Waals surface area contributed by atoms with E-state index >= 15 is 0 Å². The summed E-state index contributed by atoms with van der Waals surface area (Å²) in [5.74, 6) is 1.19. The third-order valence-corrected chi connectivity index (χ3v) is 5.21. The van der Waals surface area contributed by atoms with Gasteiger partial charge < -0.3 is 4.90 Å². The number of para-hydroxylation sites is 2. The van der Waals surface area contributed by atoms with E-state index in [1.807, 2.05) is 31.2 Å². The van der Waals surface area contributed by atoms with Crippen LogP contribution in [0.1, 0.15) is 30.7 Å². The van der Waals surface area contributed by atoms with E-state index in [0.29, 0.717) is 12.5 Å². The molecule has 146 valence electrons. The summed E-state index contributed by atoms with van der Waals surface area (Å²) in [4.78, 5) is 27.4. The highest BCUT2D eigenvalue weighted by atomic mass is 19.3. The number of alkyl halides is 2. The molecule has 2 aromatic heterocycles. The first-order valence-corrected chi connectivity index (χ1v) is 9.34. The quantitative estimate of drug-likeness (QED) is 0.689. The maximum atomic E-state index is 12.6. The smallest absolute Gasteiger partial charge is 0.280 e. The van der Waals surface area contributed by atoms with Crippen molar-refractivity contribution < 1.29 is 8.78 Å². The highest BCUT2D eigenvalue weighted by molar-refractivity contribution is 5.76. The fourth-order valence-corrected chi connectivity index (χ4v) is 3.68. The maximum absolute atomic E-state index is 12.6. The SMILES string of the molecule is Cc1nc2ccccc2nc1N1CCC(Cn2cnc(C(F)F)cc2=O)CC1. The molecular formula is C20H21F2N5O. The summed E-state index contributed by atoms with van der Waals surface area (Å²) < 4.78 is 26.7. The number of rotatable bonds is 4. The molecule has 0 spiro atoms. The Morgan fingerprint density at radius 2 is 1.82 bits per heavy atom. The van der Waals surface area contributed by atoms with Gasteiger partial charge in [-0.1, -0.05) is 12.1 Å². The van der Waals surface area contributed by atoms with Crippen LogP contribution in [0.15, 0.2) is 41.5 Å². The molecule has 1 saturated heterocycles. The van der Waals surface area contributed by atoms with Gasteiger partial charge in [0.25, 0.3) is 12.0 Å². The number of aromatic nitrogens is 4. The van der Waals surface area contributed by atoms with Crippen LogP contribution in [0.3, 0.4) is 0 Å². The van der Waals surface area contributed by atoms with Gasteiger partial charge in [-0.05, 0) is 37.8 Å². The van der Waals surface area contributed by atoms with Gasteiger partial charge >= 0.3 is 0 Å². The zero-order valence-corrected chi connectivity index (χ0v) is 15.6. The number of aryl methyl sites for hydroxylation is 1. The van der Waals surface area contributed by atoms with Gasteiger partial charge in [-0.15, -0.1) is 0 Å². The second-order valence-electron chi connectivity index (χ2n) is 7.16. The highest BCUT2D eigenvalue weighted by Crippen LogP contribution is 2.26. The summed E-state index contributed by atoms with van der Waals surface area (Å²) in [6.45, 7) is 4.09. The Morgan fingerprint density at radius 3 is 2.46 bits per heavy atom. The number of piperidine rings is 1. The van der Waals surface area contributed by atoms with E-state index in [9.17, 15) is 13.6 Å². The van der Waals surface area contributed by atoms with E-state index in [0.717, 1.165) is 54.5 Å². The fraction of sp³-hybridized carbons (Fsp3) is 0.400. The Hall–Kier alpha value is -2.90. The molecule has 8 heteroatoms. The van der Waals surface area contributed by atoms with Crippen molar-refractivity contribution in [3.63, 3.8) is 0 Å². The lowest BCUT2D eigenvalue weighted by Crippen LogP contribution is -2.37. The van der Waals surface area contributed by atoms with Gasteiger partial charge in [-0.25, -0.2) is 23.7 Å². The summed E-state index contributed by atoms with van der Waals surface area (Å²) in [7, 11) is 0. The number of halogens is 2. The molecule has 6 nitrogen and oxygen atoms in total. The van der Waals surface area contributed by atoms with Gasteiger partial charge in [0.1, 0.15) is 5.69 Å². The molecule has 0 unspecified atom stereocenters. The standard InChI is InChI=1S/C20H21F2N5O/c1-13-20(25-16-5-3-2-4-15(16)24-13)26-8-6-14(7-9-26)11-27-12-23-17(19(21)22)10-18(27)28/h2-5,10,12,14,19H,6-9,11H2,1H3. The van der Waals surface area contributed by atoms with Crippen molar-refractivity contribution in [3.05, 3.63) is 58.4 Å². The monoisotopic (exact) mass is 385 g/mol. The number of anilines is 1. The normalized spacial score (nSPS) is 15.5. The van der Waals surface area contributed by atoms with Crippen molar-refractivity contribution in [3.8, 4) is 0 Å². The first kappa shape index (κ1) is 18.5. The van der Waals surface area contributed by atoms with E-state index < -0.39 is 17.7 Å². The molecule has 1 aliphatic rings. The van der Waals surface area contributed by atoms with Crippen LogP contribution in [0.5, 0.6) is 0 Å². The van der Waals surface area contributed by atoms with E-state index in [1.54, 1.807) is 0 Å². The second kappa shape index (κ2) is 7.61. The average molecular weight is 385 g/mol. The molecule has 28 heavy (non-hydrogen) atoms. The van der Waals surface area contributed by atoms with Crippen LogP contribution in [-0.4, -0.2) is 32.6 Å². The predicted molar refractivity (Wildman–Crippen MR) is 103 cm³/mol. The third kappa shape index (κ3) is 3.72. The first-order chi connectivity index (χ1) is 13.5. The van der Waals surface area contributed by atoms with Crippen LogP contribution in [0.2, 0.25) is 0 Å². The molecule has 4 rings (SSSR count). The van der Waals surface area contributed by atoms with Crippen molar-refractivity contribution in [1.82, 2.24) is 19.5 Å². The minimum Gasteiger partial charge on any atom is -0.355 e. The van der Waals surface area contributed by atoms with Gasteiger partial charge in [0, 0.05) is 25.7 Å². The number of benzene rings is 1. The topological polar surface area (TPSA) is 63.9 Å². The molecule has 0 N–H and O–H groups in total. The lowest BCUT2D eigenvalue weighted by atomic mass is 9.96. The van der Waals surface area contributed by atoms with E-state index in [-0.39, 0.29) is 0 Å². The molecule has 0 radical (unpaired) electrons. The molecule has 1 aromatic carbocycles. The van der Waals surface area contributed by atoms with Gasteiger partial charge in [0.15, 0.2) is 5.82 Å². The van der Waals surface area contributed by atoms with Gasteiger partial charge in [0.2, 0.25) is 0 Å². The van der Waals surface area contributed by atoms with Crippen molar-refractivity contribution in [2.24, 2.45) is 5.92 Å². The van der Waals surface area contributed by atoms with Crippen molar-refractivity contribution in [2.45, 2.75) is 32.7 Å². The van der Waals surface area contributed by atoms with Gasteiger partial charge in [-0.2, -0.15) is 0 Å². The summed E-state index contributed by atoms with van der Waals surface area (Å²) in [5, 5.41) is 0. The predicted octanol–water partition coefficient (Wildman–Crippen LogP) is 3.35. The van der Waals surface area contributed by atoms with Crippen molar-refractivity contribution in [1.29, 1.82) is 0 Å². The zero-order valence-electron chi connectivity index (χ0n) is 15.6. The molecule has 1 fully saturated rings. The van der Waals surface area contributed by atoms with Crippen LogP contribution < -0.4 is 10.5 Å². The summed E-state index contributed by atoms with van der Waals surface area (Å²) in [5.41, 5.74) is 1.77. The van der Waals surface area contributed by atoms with E-state index in [2.05, 4.69) is 14.9 Å². The Bertz CT molecular complexity index is 1040. The van der Waals surface area contributed by atoms with Crippen LogP contribution in [0.4, 0.5) is 14.6 Å². The first-order valence-electron chi connectivity index (χ1n) is 9.34. The van der Waals surface area contributed by atoms with Crippen molar-refractivity contribution in [2.75, 3.05) is 18.0 Å². The maximum Gasteiger partial charge on any atom is 0.280 e. The molecular weight excluding hydrogens is 364 g/mol. The molecule has 0 bridgehead atoms. The summed E-state index contributed by atoms with van der Waals surface area (Å²) in [6, 6.07) is 8.74. The zero-order chi connectivity index (χ0) is 19.7. The van der Waals surface area contributed by atoms with E-state index in [4.69, 9.17) is 4.98 Å². The second-order valence-corrected chi connectivity index (χ2v) is 7.16. The van der Waals surface area contributed by atoms with Gasteiger partial charge in [-0.3, -0.25) is 9.36 Å². The van der Waals surface area contributed by atoms with Crippen LogP contribution in [0.25, 0.3) is 11.0 Å². The third-order valence-electron chi connectivity index (χ3n) is 5.21. The summed E-state index contributed by atoms with van der Waals surface area (Å²) >= 11 is 0. The molecule has 0 saturated carbocycles. The lowest BCUT2D eigenvalue weighted by molar-refractivity contribution is 0.145. The summed E-state index contributed by atoms with van der Waals surface area (Å²) in [6.07, 6.45) is 0.278. The van der Waals surface area contributed by atoms with Crippen LogP contribution in [0, 0.1) is 12.8 Å². The van der Waals surface area contributed by atoms with Crippen LogP contribution >= 0.6 is 0 Å². The van der Waals surface area contributed by atoms with E-state index in [1.165, 1.54) is 10.9 Å².